The molecule has 5 nitrogen and oxygen atoms in total. The van der Waals surface area contributed by atoms with Gasteiger partial charge < -0.3 is 14.5 Å². The van der Waals surface area contributed by atoms with Crippen LogP contribution in [0.2, 0.25) is 10.0 Å². The van der Waals surface area contributed by atoms with E-state index >= 15 is 0 Å². The SMILES string of the molecule is CN(C)C[C@H]1CCC2=C(C1=O)C(c1ccc(Cl)c(Cl)c1)C1=C(CC[C@H](CN(C)C)C1=O)O2. The van der Waals surface area contributed by atoms with Crippen LogP contribution in [-0.2, 0) is 14.3 Å². The second-order valence-corrected chi connectivity index (χ2v) is 10.4. The van der Waals surface area contributed by atoms with Gasteiger partial charge in [0.2, 0.25) is 0 Å². The lowest BCUT2D eigenvalue weighted by atomic mass is 9.69. The molecule has 0 aromatic heterocycles. The fraction of sp³-hybridized carbons (Fsp3) is 0.520. The largest absolute Gasteiger partial charge is 0.465 e. The van der Waals surface area contributed by atoms with Crippen LogP contribution in [0.3, 0.4) is 0 Å². The average Bonchev–Trinajstić information content (AvgIpc) is 2.72. The van der Waals surface area contributed by atoms with Crippen LogP contribution in [0.15, 0.2) is 40.9 Å². The summed E-state index contributed by atoms with van der Waals surface area (Å²) in [4.78, 5) is 31.5. The molecule has 0 bridgehead atoms. The Morgan fingerprint density at radius 1 is 0.844 bits per heavy atom. The fourth-order valence-electron chi connectivity index (χ4n) is 5.22. The summed E-state index contributed by atoms with van der Waals surface area (Å²) in [6.07, 6.45) is 2.90. The van der Waals surface area contributed by atoms with Crippen molar-refractivity contribution in [2.45, 2.75) is 31.6 Å². The van der Waals surface area contributed by atoms with Gasteiger partial charge in [0.15, 0.2) is 11.6 Å². The molecule has 0 amide bonds. The van der Waals surface area contributed by atoms with Crippen LogP contribution in [0, 0.1) is 11.8 Å². The van der Waals surface area contributed by atoms with E-state index in [9.17, 15) is 9.59 Å². The topological polar surface area (TPSA) is 49.9 Å². The zero-order valence-electron chi connectivity index (χ0n) is 19.1. The summed E-state index contributed by atoms with van der Waals surface area (Å²) in [6.45, 7) is 1.35. The van der Waals surface area contributed by atoms with Gasteiger partial charge >= 0.3 is 0 Å². The number of carbonyl (C=O) groups is 2. The summed E-state index contributed by atoms with van der Waals surface area (Å²) < 4.78 is 6.28. The zero-order chi connectivity index (χ0) is 23.2. The maximum atomic E-state index is 13.7. The normalized spacial score (nSPS) is 24.2. The Labute approximate surface area is 200 Å². The van der Waals surface area contributed by atoms with Gasteiger partial charge in [0.05, 0.1) is 10.0 Å². The van der Waals surface area contributed by atoms with Crippen molar-refractivity contribution >= 4 is 34.8 Å². The van der Waals surface area contributed by atoms with Gasteiger partial charge in [-0.1, -0.05) is 29.3 Å². The van der Waals surface area contributed by atoms with E-state index in [0.717, 1.165) is 29.9 Å². The molecule has 172 valence electrons. The summed E-state index contributed by atoms with van der Waals surface area (Å²) in [6, 6.07) is 5.41. The smallest absolute Gasteiger partial charge is 0.167 e. The standard InChI is InChI=1S/C25H30Cl2N2O3/c1-28(2)12-15-6-9-19-22(24(15)30)21(14-5-8-17(26)18(27)11-14)23-20(32-19)10-7-16(25(23)31)13-29(3)4/h5,8,11,15-16,21H,6-7,9-10,12-13H2,1-4H3/t15-,16-/m1/s1. The number of ether oxygens (including phenoxy) is 1. The second kappa shape index (κ2) is 9.30. The van der Waals surface area contributed by atoms with Gasteiger partial charge in [-0.3, -0.25) is 9.59 Å². The first-order valence-electron chi connectivity index (χ1n) is 11.1. The molecule has 0 spiro atoms. The molecule has 1 aromatic carbocycles. The Bertz CT molecular complexity index is 958. The highest BCUT2D eigenvalue weighted by Crippen LogP contribution is 2.50. The Kier molecular flexibility index (Phi) is 6.83. The molecule has 1 aromatic rings. The predicted molar refractivity (Wildman–Crippen MR) is 127 cm³/mol. The predicted octanol–water partition coefficient (Wildman–Crippen LogP) is 4.70. The average molecular weight is 477 g/mol. The van der Waals surface area contributed by atoms with E-state index in [2.05, 4.69) is 0 Å². The van der Waals surface area contributed by atoms with Crippen LogP contribution in [0.4, 0.5) is 0 Å². The summed E-state index contributed by atoms with van der Waals surface area (Å²) in [5.41, 5.74) is 2.07. The number of nitrogens with zero attached hydrogens (tertiary/aromatic N) is 2. The highest BCUT2D eigenvalue weighted by atomic mass is 35.5. The molecule has 7 heteroatoms. The lowest BCUT2D eigenvalue weighted by molar-refractivity contribution is -0.122. The number of rotatable bonds is 5. The van der Waals surface area contributed by atoms with Crippen molar-refractivity contribution in [3.63, 3.8) is 0 Å². The Morgan fingerprint density at radius 2 is 1.34 bits per heavy atom. The minimum Gasteiger partial charge on any atom is -0.465 e. The number of allylic oxidation sites excluding steroid dienone is 4. The van der Waals surface area contributed by atoms with Crippen LogP contribution in [0.1, 0.15) is 37.2 Å². The highest BCUT2D eigenvalue weighted by Gasteiger charge is 2.46. The zero-order valence-corrected chi connectivity index (χ0v) is 20.6. The van der Waals surface area contributed by atoms with Gasteiger partial charge in [-0.25, -0.2) is 0 Å². The van der Waals surface area contributed by atoms with Crippen molar-refractivity contribution < 1.29 is 14.3 Å². The van der Waals surface area contributed by atoms with Crippen LogP contribution >= 0.6 is 23.2 Å². The molecule has 2 atom stereocenters. The van der Waals surface area contributed by atoms with Gasteiger partial charge in [-0.2, -0.15) is 0 Å². The molecule has 0 unspecified atom stereocenters. The summed E-state index contributed by atoms with van der Waals surface area (Å²) in [7, 11) is 7.90. The minimum absolute atomic E-state index is 0.0742. The van der Waals surface area contributed by atoms with E-state index in [0.29, 0.717) is 47.1 Å². The van der Waals surface area contributed by atoms with Crippen LogP contribution in [0.5, 0.6) is 0 Å². The second-order valence-electron chi connectivity index (χ2n) is 9.61. The molecule has 0 saturated carbocycles. The number of ketones is 2. The van der Waals surface area contributed by atoms with Crippen molar-refractivity contribution in [3.8, 4) is 0 Å². The number of hydrogen-bond donors (Lipinski definition) is 0. The van der Waals surface area contributed by atoms with E-state index < -0.39 is 5.92 Å². The van der Waals surface area contributed by atoms with Crippen LogP contribution in [-0.4, -0.2) is 62.6 Å². The first-order valence-corrected chi connectivity index (χ1v) is 11.9. The molecular formula is C25H30Cl2N2O3. The third-order valence-corrected chi connectivity index (χ3v) is 7.32. The summed E-state index contributed by atoms with van der Waals surface area (Å²) in [5, 5.41) is 0.868. The molecule has 2 aliphatic carbocycles. The number of benzene rings is 1. The Hall–Kier alpha value is -1.66. The van der Waals surface area contributed by atoms with E-state index in [1.165, 1.54) is 0 Å². The van der Waals surface area contributed by atoms with E-state index in [-0.39, 0.29) is 23.4 Å². The van der Waals surface area contributed by atoms with E-state index in [1.807, 2.05) is 44.1 Å². The number of Topliss-reactive ketones (excluding diaryl/α,β-unsaturated/α-hetero) is 2. The quantitative estimate of drug-likeness (QED) is 0.616. The lowest BCUT2D eigenvalue weighted by Gasteiger charge is -2.40. The Balaban J connectivity index is 1.82. The van der Waals surface area contributed by atoms with E-state index in [1.54, 1.807) is 12.1 Å². The van der Waals surface area contributed by atoms with Crippen molar-refractivity contribution in [1.29, 1.82) is 0 Å². The fourth-order valence-corrected chi connectivity index (χ4v) is 5.53. The molecule has 1 heterocycles. The molecule has 32 heavy (non-hydrogen) atoms. The van der Waals surface area contributed by atoms with Crippen molar-refractivity contribution in [2.75, 3.05) is 41.3 Å². The first kappa shape index (κ1) is 23.5. The van der Waals surface area contributed by atoms with Crippen LogP contribution < -0.4 is 0 Å². The maximum absolute atomic E-state index is 13.7. The molecule has 0 fully saturated rings. The first-order chi connectivity index (χ1) is 15.2. The molecule has 1 aliphatic heterocycles. The van der Waals surface area contributed by atoms with E-state index in [4.69, 9.17) is 27.9 Å². The van der Waals surface area contributed by atoms with Gasteiger partial charge in [0, 0.05) is 54.8 Å². The van der Waals surface area contributed by atoms with Crippen LogP contribution in [0.25, 0.3) is 0 Å². The minimum atomic E-state index is -0.460. The van der Waals surface area contributed by atoms with Crippen molar-refractivity contribution in [2.24, 2.45) is 11.8 Å². The third kappa shape index (κ3) is 4.41. The molecule has 4 rings (SSSR count). The number of halogens is 2. The molecule has 0 N–H and O–H groups in total. The molecule has 3 aliphatic rings. The molecular weight excluding hydrogens is 447 g/mol. The summed E-state index contributed by atoms with van der Waals surface area (Å²) in [5.74, 6) is 0.901. The van der Waals surface area contributed by atoms with Gasteiger partial charge in [-0.15, -0.1) is 0 Å². The third-order valence-electron chi connectivity index (χ3n) is 6.58. The van der Waals surface area contributed by atoms with Crippen molar-refractivity contribution in [1.82, 2.24) is 9.80 Å². The monoisotopic (exact) mass is 476 g/mol. The van der Waals surface area contributed by atoms with Gasteiger partial charge in [0.25, 0.3) is 0 Å². The number of hydrogen-bond acceptors (Lipinski definition) is 5. The molecule has 0 saturated heterocycles. The lowest BCUT2D eigenvalue weighted by Crippen LogP contribution is -2.40. The van der Waals surface area contributed by atoms with Crippen molar-refractivity contribution in [3.05, 3.63) is 56.5 Å². The Morgan fingerprint density at radius 3 is 1.78 bits per heavy atom. The summed E-state index contributed by atoms with van der Waals surface area (Å²) >= 11 is 12.6. The maximum Gasteiger partial charge on any atom is 0.167 e. The van der Waals surface area contributed by atoms with Gasteiger partial charge in [0.1, 0.15) is 11.5 Å². The highest BCUT2D eigenvalue weighted by molar-refractivity contribution is 6.42. The molecule has 0 radical (unpaired) electrons. The van der Waals surface area contributed by atoms with Gasteiger partial charge in [-0.05, 0) is 58.7 Å². The number of carbonyl (C=O) groups excluding carboxylic acids is 2.